The first-order valence-electron chi connectivity index (χ1n) is 12.1. The highest BCUT2D eigenvalue weighted by Gasteiger charge is 2.32. The fraction of sp³-hybridized carbons (Fsp3) is 0.462. The Bertz CT molecular complexity index is 1110. The van der Waals surface area contributed by atoms with Crippen molar-refractivity contribution in [1.82, 2.24) is 10.2 Å². The molecule has 198 valence electrons. The van der Waals surface area contributed by atoms with Gasteiger partial charge in [0.05, 0.1) is 18.6 Å². The number of benzene rings is 2. The monoisotopic (exact) mass is 537 g/mol. The minimum absolute atomic E-state index is 0.125. The highest BCUT2D eigenvalue weighted by molar-refractivity contribution is 7.92. The number of carbonyl (C=O) groups excluding carboxylic acids is 2. The number of halogens is 1. The molecule has 10 heteroatoms. The Labute approximate surface area is 219 Å². The summed E-state index contributed by atoms with van der Waals surface area (Å²) in [5.74, 6) is -0.417. The SMILES string of the molecule is CCCCNC(=O)[C@H](CC)N(Cc1ccc(Cl)cc1)C(=O)CN(c1ccccc1OCC)S(C)(=O)=O. The van der Waals surface area contributed by atoms with Gasteiger partial charge in [-0.05, 0) is 49.6 Å². The molecule has 1 N–H and O–H groups in total. The predicted octanol–water partition coefficient (Wildman–Crippen LogP) is 4.23. The van der Waals surface area contributed by atoms with E-state index in [-0.39, 0.29) is 18.1 Å². The zero-order valence-corrected chi connectivity index (χ0v) is 22.9. The van der Waals surface area contributed by atoms with Gasteiger partial charge in [0.25, 0.3) is 0 Å². The first-order chi connectivity index (χ1) is 17.1. The van der Waals surface area contributed by atoms with E-state index in [1.54, 1.807) is 55.5 Å². The Kier molecular flexibility index (Phi) is 11.5. The summed E-state index contributed by atoms with van der Waals surface area (Å²) in [6.07, 6.45) is 3.16. The van der Waals surface area contributed by atoms with Crippen LogP contribution in [0, 0.1) is 0 Å². The number of sulfonamides is 1. The maximum Gasteiger partial charge on any atom is 0.244 e. The van der Waals surface area contributed by atoms with Crippen LogP contribution in [0.25, 0.3) is 0 Å². The van der Waals surface area contributed by atoms with Gasteiger partial charge in [-0.25, -0.2) is 8.42 Å². The molecule has 0 aliphatic rings. The number of amides is 2. The van der Waals surface area contributed by atoms with Gasteiger partial charge < -0.3 is 15.0 Å². The zero-order chi connectivity index (χ0) is 26.7. The van der Waals surface area contributed by atoms with Crippen LogP contribution in [-0.2, 0) is 26.2 Å². The topological polar surface area (TPSA) is 96.0 Å². The van der Waals surface area contributed by atoms with Crippen LogP contribution in [0.3, 0.4) is 0 Å². The predicted molar refractivity (Wildman–Crippen MR) is 144 cm³/mol. The second-order valence-electron chi connectivity index (χ2n) is 8.39. The Morgan fingerprint density at radius 3 is 2.31 bits per heavy atom. The summed E-state index contributed by atoms with van der Waals surface area (Å²) in [6, 6.07) is 12.9. The van der Waals surface area contributed by atoms with Crippen molar-refractivity contribution in [1.29, 1.82) is 0 Å². The Hall–Kier alpha value is -2.78. The van der Waals surface area contributed by atoms with Gasteiger partial charge in [-0.15, -0.1) is 0 Å². The molecule has 0 fully saturated rings. The Morgan fingerprint density at radius 1 is 1.06 bits per heavy atom. The van der Waals surface area contributed by atoms with Gasteiger partial charge in [0.2, 0.25) is 21.8 Å². The lowest BCUT2D eigenvalue weighted by Gasteiger charge is -2.33. The summed E-state index contributed by atoms with van der Waals surface area (Å²) in [5, 5.41) is 3.45. The number of anilines is 1. The van der Waals surface area contributed by atoms with E-state index in [0.717, 1.165) is 29.0 Å². The molecule has 0 unspecified atom stereocenters. The average molecular weight is 538 g/mol. The largest absolute Gasteiger partial charge is 0.492 e. The van der Waals surface area contributed by atoms with Crippen LogP contribution in [-0.4, -0.2) is 57.1 Å². The van der Waals surface area contributed by atoms with Gasteiger partial charge in [0.15, 0.2) is 0 Å². The van der Waals surface area contributed by atoms with E-state index in [4.69, 9.17) is 16.3 Å². The van der Waals surface area contributed by atoms with Crippen LogP contribution >= 0.6 is 11.6 Å². The third-order valence-electron chi connectivity index (χ3n) is 5.59. The minimum atomic E-state index is -3.85. The van der Waals surface area contributed by atoms with Crippen LogP contribution in [0.5, 0.6) is 5.75 Å². The number of nitrogens with one attached hydrogen (secondary N) is 1. The molecule has 2 amide bonds. The summed E-state index contributed by atoms with van der Waals surface area (Å²) in [4.78, 5) is 28.2. The molecule has 0 bridgehead atoms. The maximum atomic E-state index is 13.7. The third kappa shape index (κ3) is 8.41. The van der Waals surface area contributed by atoms with Gasteiger partial charge in [0.1, 0.15) is 18.3 Å². The lowest BCUT2D eigenvalue weighted by molar-refractivity contribution is -0.140. The molecule has 2 aromatic rings. The Balaban J connectivity index is 2.44. The van der Waals surface area contributed by atoms with Gasteiger partial charge in [-0.3, -0.25) is 13.9 Å². The molecular formula is C26H36ClN3O5S. The molecule has 2 rings (SSSR count). The van der Waals surface area contributed by atoms with Crippen LogP contribution < -0.4 is 14.4 Å². The molecule has 8 nitrogen and oxygen atoms in total. The number of unbranched alkanes of at least 4 members (excludes halogenated alkanes) is 1. The highest BCUT2D eigenvalue weighted by Crippen LogP contribution is 2.30. The van der Waals surface area contributed by atoms with E-state index in [0.29, 0.717) is 30.3 Å². The van der Waals surface area contributed by atoms with E-state index >= 15 is 0 Å². The van der Waals surface area contributed by atoms with Crippen LogP contribution in [0.4, 0.5) is 5.69 Å². The van der Waals surface area contributed by atoms with Crippen molar-refractivity contribution in [3.63, 3.8) is 0 Å². The van der Waals surface area contributed by atoms with Crippen molar-refractivity contribution in [2.45, 2.75) is 52.6 Å². The van der Waals surface area contributed by atoms with E-state index in [1.165, 1.54) is 4.90 Å². The normalized spacial score (nSPS) is 12.0. The average Bonchev–Trinajstić information content (AvgIpc) is 2.83. The first kappa shape index (κ1) is 29.5. The smallest absolute Gasteiger partial charge is 0.244 e. The second-order valence-corrected chi connectivity index (χ2v) is 10.7. The van der Waals surface area contributed by atoms with Gasteiger partial charge in [0, 0.05) is 18.1 Å². The molecule has 0 aliphatic carbocycles. The maximum absolute atomic E-state index is 13.7. The van der Waals surface area contributed by atoms with Crippen molar-refractivity contribution >= 4 is 39.1 Å². The van der Waals surface area contributed by atoms with Crippen LogP contribution in [0.15, 0.2) is 48.5 Å². The summed E-state index contributed by atoms with van der Waals surface area (Å²) in [7, 11) is -3.85. The van der Waals surface area contributed by atoms with Crippen molar-refractivity contribution < 1.29 is 22.7 Å². The lowest BCUT2D eigenvalue weighted by Crippen LogP contribution is -2.52. The molecule has 36 heavy (non-hydrogen) atoms. The Morgan fingerprint density at radius 2 is 1.72 bits per heavy atom. The first-order valence-corrected chi connectivity index (χ1v) is 14.4. The summed E-state index contributed by atoms with van der Waals surface area (Å²) in [5.41, 5.74) is 1.04. The standard InChI is InChI=1S/C26H36ClN3O5S/c1-5-8-17-28-26(32)22(6-2)29(18-20-13-15-21(27)16-14-20)25(31)19-30(36(4,33)34)23-11-9-10-12-24(23)35-7-3/h9-16,22H,5-8,17-19H2,1-4H3,(H,28,32)/t22-/m0/s1. The summed E-state index contributed by atoms with van der Waals surface area (Å²) in [6.45, 7) is 6.14. The molecule has 0 saturated heterocycles. The lowest BCUT2D eigenvalue weighted by atomic mass is 10.1. The number of rotatable bonds is 14. The molecule has 0 radical (unpaired) electrons. The number of ether oxygens (including phenoxy) is 1. The highest BCUT2D eigenvalue weighted by atomic mass is 35.5. The van der Waals surface area contributed by atoms with E-state index in [2.05, 4.69) is 5.32 Å². The van der Waals surface area contributed by atoms with E-state index < -0.39 is 28.5 Å². The van der Waals surface area contributed by atoms with Crippen LogP contribution in [0.2, 0.25) is 5.02 Å². The van der Waals surface area contributed by atoms with E-state index in [1.807, 2.05) is 13.8 Å². The zero-order valence-electron chi connectivity index (χ0n) is 21.4. The molecule has 2 aromatic carbocycles. The molecule has 0 heterocycles. The molecule has 0 saturated carbocycles. The number of nitrogens with zero attached hydrogens (tertiary/aromatic N) is 2. The van der Waals surface area contributed by atoms with Crippen LogP contribution in [0.1, 0.15) is 45.6 Å². The summed E-state index contributed by atoms with van der Waals surface area (Å²) < 4.78 is 32.2. The molecule has 0 spiro atoms. The summed E-state index contributed by atoms with van der Waals surface area (Å²) >= 11 is 6.02. The number of hydrogen-bond donors (Lipinski definition) is 1. The number of hydrogen-bond acceptors (Lipinski definition) is 5. The quantitative estimate of drug-likeness (QED) is 0.364. The number of para-hydroxylation sites is 2. The molecule has 0 aliphatic heterocycles. The van der Waals surface area contributed by atoms with Gasteiger partial charge in [-0.2, -0.15) is 0 Å². The van der Waals surface area contributed by atoms with Crippen molar-refractivity contribution in [3.8, 4) is 5.75 Å². The fourth-order valence-electron chi connectivity index (χ4n) is 3.75. The van der Waals surface area contributed by atoms with Crippen molar-refractivity contribution in [3.05, 3.63) is 59.1 Å². The van der Waals surface area contributed by atoms with Crippen molar-refractivity contribution in [2.75, 3.05) is 30.3 Å². The molecular weight excluding hydrogens is 502 g/mol. The minimum Gasteiger partial charge on any atom is -0.492 e. The number of carbonyl (C=O) groups is 2. The van der Waals surface area contributed by atoms with Gasteiger partial charge in [-0.1, -0.05) is 56.1 Å². The molecule has 1 atom stereocenters. The van der Waals surface area contributed by atoms with Crippen molar-refractivity contribution in [2.24, 2.45) is 0 Å². The van der Waals surface area contributed by atoms with E-state index in [9.17, 15) is 18.0 Å². The van der Waals surface area contributed by atoms with Gasteiger partial charge >= 0.3 is 0 Å². The molecule has 0 aromatic heterocycles. The third-order valence-corrected chi connectivity index (χ3v) is 6.97. The second kappa shape index (κ2) is 14.1. The fourth-order valence-corrected chi connectivity index (χ4v) is 4.73.